The van der Waals surface area contributed by atoms with E-state index in [0.717, 1.165) is 21.5 Å². The van der Waals surface area contributed by atoms with Crippen LogP contribution in [0.5, 0.6) is 0 Å². The van der Waals surface area contributed by atoms with Gasteiger partial charge in [-0.1, -0.05) is 76.6 Å². The summed E-state index contributed by atoms with van der Waals surface area (Å²) in [5.74, 6) is 0. The fourth-order valence-electron chi connectivity index (χ4n) is 2.36. The topological polar surface area (TPSA) is 23.1 Å². The molecule has 4 heteroatoms. The molecule has 2 aromatic carbocycles. The van der Waals surface area contributed by atoms with E-state index in [1.165, 1.54) is 0 Å². The summed E-state index contributed by atoms with van der Waals surface area (Å²) >= 11 is 0. The minimum Gasteiger partial charge on any atom is -1.00 e. The van der Waals surface area contributed by atoms with Gasteiger partial charge in [0.1, 0.15) is 0 Å². The van der Waals surface area contributed by atoms with Gasteiger partial charge in [-0.15, -0.1) is 0 Å². The van der Waals surface area contributed by atoms with E-state index in [2.05, 4.69) is 0 Å². The molecule has 0 aliphatic heterocycles. The predicted octanol–water partition coefficient (Wildman–Crippen LogP) is -2.02. The molecule has 0 atom stereocenters. The third-order valence-corrected chi connectivity index (χ3v) is 6.50. The van der Waals surface area contributed by atoms with Crippen molar-refractivity contribution < 1.29 is 21.8 Å². The molecule has 0 heterocycles. The van der Waals surface area contributed by atoms with Crippen LogP contribution in [0.4, 0.5) is 0 Å². The molecule has 1 nitrogen and oxygen atoms in total. The van der Waals surface area contributed by atoms with Crippen molar-refractivity contribution in [1.29, 1.82) is 0 Å². The molecule has 0 aliphatic rings. The average Bonchev–Trinajstić information content (AvgIpc) is 2.29. The molecule has 0 aromatic heterocycles. The van der Waals surface area contributed by atoms with Crippen LogP contribution in [-0.4, -0.2) is 31.4 Å². The second-order valence-electron chi connectivity index (χ2n) is 4.66. The van der Waals surface area contributed by atoms with E-state index in [1.54, 1.807) is 0 Å². The summed E-state index contributed by atoms with van der Waals surface area (Å²) in [6.07, 6.45) is 0. The van der Waals surface area contributed by atoms with E-state index >= 15 is 0 Å². The van der Waals surface area contributed by atoms with Crippen LogP contribution in [0, 0.1) is 13.8 Å². The van der Waals surface area contributed by atoms with Crippen molar-refractivity contribution in [2.45, 2.75) is 20.4 Å². The Labute approximate surface area is 143 Å². The van der Waals surface area contributed by atoms with Crippen LogP contribution in [0.15, 0.2) is 48.5 Å². The van der Waals surface area contributed by atoms with Gasteiger partial charge >= 0.3 is 23.1 Å². The summed E-state index contributed by atoms with van der Waals surface area (Å²) in [7, 11) is -2.79. The van der Waals surface area contributed by atoms with Gasteiger partial charge in [-0.2, -0.15) is 0 Å². The van der Waals surface area contributed by atoms with E-state index in [0.29, 0.717) is 0 Å². The average molecular weight is 346 g/mol. The van der Waals surface area contributed by atoms with Gasteiger partial charge in [0, 0.05) is 8.32 Å². The predicted molar refractivity (Wildman–Crippen MR) is 79.0 cm³/mol. The van der Waals surface area contributed by atoms with Gasteiger partial charge in [-0.3, -0.25) is 0 Å². The fourth-order valence-corrected chi connectivity index (χ4v) is 5.15. The number of hydrogen-bond acceptors (Lipinski definition) is 1. The normalized spacial score (nSPS) is 10.3. The fraction of sp³-hybridized carbons (Fsp3) is 0.200. The van der Waals surface area contributed by atoms with Gasteiger partial charge in [-0.05, 0) is 13.8 Å². The molecule has 2 aromatic rings. The van der Waals surface area contributed by atoms with Crippen molar-refractivity contribution in [2.24, 2.45) is 0 Å². The van der Waals surface area contributed by atoms with Crippen molar-refractivity contribution >= 4 is 41.7 Å². The zero-order chi connectivity index (χ0) is 12.5. The minimum atomic E-state index is -2.79. The maximum absolute atomic E-state index is 13.1. The zero-order valence-corrected chi connectivity index (χ0v) is 15.6. The van der Waals surface area contributed by atoms with E-state index in [9.17, 15) is 4.80 Å². The van der Waals surface area contributed by atoms with Gasteiger partial charge in [0.15, 0.2) is 0 Å². The Morgan fingerprint density at radius 1 is 0.789 bits per heavy atom. The first kappa shape index (κ1) is 18.9. The molecule has 0 spiro atoms. The number of benzene rings is 2. The van der Waals surface area contributed by atoms with Crippen molar-refractivity contribution in [1.82, 2.24) is 0 Å². The minimum absolute atomic E-state index is 0. The molecule has 0 saturated carbocycles. The Kier molecular flexibility index (Phi) is 7.54. The van der Waals surface area contributed by atoms with Crippen LogP contribution in [0.25, 0.3) is 0 Å². The quantitative estimate of drug-likeness (QED) is 0.576. The number of aryl methyl sites for hydroxylation is 2. The molecule has 19 heavy (non-hydrogen) atoms. The first-order valence-electron chi connectivity index (χ1n) is 5.86. The molecule has 0 fully saturated rings. The van der Waals surface area contributed by atoms with Gasteiger partial charge in [0.2, 0.25) is 0 Å². The Morgan fingerprint density at radius 3 is 1.42 bits per heavy atom. The van der Waals surface area contributed by atoms with Gasteiger partial charge in [0.25, 0.3) is 0 Å². The Morgan fingerprint density at radius 2 is 1.11 bits per heavy atom. The molecule has 0 saturated heterocycles. The third-order valence-electron chi connectivity index (χ3n) is 3.32. The SMILES string of the molecule is Cc1ccccc1[Si](C)([O-])c1ccccc1C.[Br-].[Mg+2]. The second-order valence-corrected chi connectivity index (χ2v) is 7.81. The summed E-state index contributed by atoms with van der Waals surface area (Å²) in [5, 5.41) is 1.99. The second kappa shape index (κ2) is 7.59. The zero-order valence-electron chi connectivity index (χ0n) is 11.6. The summed E-state index contributed by atoms with van der Waals surface area (Å²) in [5.41, 5.74) is 2.22. The van der Waals surface area contributed by atoms with Crippen molar-refractivity contribution in [2.75, 3.05) is 0 Å². The van der Waals surface area contributed by atoms with E-state index < -0.39 is 8.32 Å². The molecular weight excluding hydrogens is 328 g/mol. The van der Waals surface area contributed by atoms with Crippen molar-refractivity contribution in [3.05, 3.63) is 59.7 Å². The summed E-state index contributed by atoms with van der Waals surface area (Å²) < 4.78 is 0. The number of rotatable bonds is 2. The molecule has 2 rings (SSSR count). The van der Waals surface area contributed by atoms with Crippen LogP contribution in [0.1, 0.15) is 11.1 Å². The van der Waals surface area contributed by atoms with Crippen LogP contribution >= 0.6 is 0 Å². The maximum Gasteiger partial charge on any atom is 2.00 e. The van der Waals surface area contributed by atoms with Crippen LogP contribution in [0.3, 0.4) is 0 Å². The van der Waals surface area contributed by atoms with Gasteiger partial charge in [-0.25, -0.2) is 0 Å². The first-order valence-corrected chi connectivity index (χ1v) is 8.27. The molecule has 0 aliphatic carbocycles. The molecule has 0 unspecified atom stereocenters. The summed E-state index contributed by atoms with van der Waals surface area (Å²) in [6, 6.07) is 15.9. The maximum atomic E-state index is 13.1. The number of hydrogen-bond donors (Lipinski definition) is 0. The molecule has 96 valence electrons. The monoisotopic (exact) mass is 344 g/mol. The number of halogens is 1. The summed E-state index contributed by atoms with van der Waals surface area (Å²) in [6.45, 7) is 5.94. The standard InChI is InChI=1S/C15H17OSi.BrH.Mg/c1-12-8-4-6-10-14(12)17(3,16)15-11-7-5-9-13(15)2;;/h4-11H,1-3H3;1H;/q-1;;+2/p-1. The Bertz CT molecular complexity index is 496. The largest absolute Gasteiger partial charge is 2.00 e. The smallest absolute Gasteiger partial charge is 1.00 e. The summed E-state index contributed by atoms with van der Waals surface area (Å²) in [4.78, 5) is 13.1. The van der Waals surface area contributed by atoms with Crippen LogP contribution < -0.4 is 32.2 Å². The van der Waals surface area contributed by atoms with Gasteiger partial charge in [0.05, 0.1) is 0 Å². The van der Waals surface area contributed by atoms with Crippen LogP contribution in [-0.2, 0) is 0 Å². The van der Waals surface area contributed by atoms with E-state index in [4.69, 9.17) is 0 Å². The van der Waals surface area contributed by atoms with Crippen LogP contribution in [0.2, 0.25) is 6.55 Å². The van der Waals surface area contributed by atoms with Crippen molar-refractivity contribution in [3.63, 3.8) is 0 Å². The third kappa shape index (κ3) is 3.92. The van der Waals surface area contributed by atoms with E-state index in [-0.39, 0.29) is 40.0 Å². The van der Waals surface area contributed by atoms with E-state index in [1.807, 2.05) is 68.9 Å². The van der Waals surface area contributed by atoms with Gasteiger partial charge < -0.3 is 21.8 Å². The molecule has 0 bridgehead atoms. The van der Waals surface area contributed by atoms with Crippen molar-refractivity contribution in [3.8, 4) is 0 Å². The Balaban J connectivity index is 0.00000162. The molecule has 0 amide bonds. The molecule has 0 N–H and O–H groups in total. The first-order chi connectivity index (χ1) is 8.03. The molecule has 0 radical (unpaired) electrons. The Hall–Kier alpha value is -0.137. The molecular formula is C15H17BrMgOSi.